The van der Waals surface area contributed by atoms with Gasteiger partial charge in [0, 0.05) is 5.41 Å². The molecule has 0 radical (unpaired) electrons. The topological polar surface area (TPSA) is 9.23 Å². The van der Waals surface area contributed by atoms with Crippen LogP contribution in [0.25, 0.3) is 0 Å². The average Bonchev–Trinajstić information content (AvgIpc) is 2.81. The minimum Gasteiger partial charge on any atom is -0.361 e. The van der Waals surface area contributed by atoms with E-state index in [2.05, 4.69) is 44.9 Å². The van der Waals surface area contributed by atoms with Gasteiger partial charge in [0.25, 0.3) is 0 Å². The molecule has 0 aromatic heterocycles. The molecule has 0 heterocycles. The molecular formula is C17H24O. The van der Waals surface area contributed by atoms with Gasteiger partial charge in [-0.05, 0) is 31.3 Å². The van der Waals surface area contributed by atoms with Gasteiger partial charge in [-0.2, -0.15) is 0 Å². The lowest BCUT2D eigenvalue weighted by Gasteiger charge is -2.29. The summed E-state index contributed by atoms with van der Waals surface area (Å²) in [5.74, 6) is 6.56. The highest BCUT2D eigenvalue weighted by Crippen LogP contribution is 2.28. The van der Waals surface area contributed by atoms with Gasteiger partial charge in [-0.15, -0.1) is 13.2 Å². The van der Waals surface area contributed by atoms with Crippen LogP contribution in [0.5, 0.6) is 0 Å². The number of hydrogen-bond acceptors (Lipinski definition) is 1. The van der Waals surface area contributed by atoms with Crippen molar-refractivity contribution in [1.29, 1.82) is 0 Å². The molecule has 0 aliphatic heterocycles. The predicted octanol–water partition coefficient (Wildman–Crippen LogP) is 4.27. The molecule has 1 atom stereocenters. The lowest BCUT2D eigenvalue weighted by Crippen LogP contribution is -2.30. The third-order valence-corrected chi connectivity index (χ3v) is 3.17. The van der Waals surface area contributed by atoms with Crippen LogP contribution in [0.3, 0.4) is 0 Å². The molecule has 0 fully saturated rings. The van der Waals surface area contributed by atoms with Crippen LogP contribution < -0.4 is 0 Å². The average molecular weight is 244 g/mol. The molecule has 1 nitrogen and oxygen atoms in total. The molecule has 0 amide bonds. The smallest absolute Gasteiger partial charge is 0.124 e. The van der Waals surface area contributed by atoms with E-state index in [1.165, 1.54) is 12.0 Å². The van der Waals surface area contributed by atoms with Crippen molar-refractivity contribution in [2.24, 2.45) is 5.41 Å². The Morgan fingerprint density at radius 1 is 1.44 bits per heavy atom. The predicted molar refractivity (Wildman–Crippen MR) is 78.2 cm³/mol. The zero-order chi connectivity index (χ0) is 13.4. The Hall–Kier alpha value is -1.26. The third-order valence-electron chi connectivity index (χ3n) is 3.17. The van der Waals surface area contributed by atoms with Gasteiger partial charge < -0.3 is 4.74 Å². The lowest BCUT2D eigenvalue weighted by molar-refractivity contribution is 0.0303. The molecular weight excluding hydrogens is 220 g/mol. The van der Waals surface area contributed by atoms with E-state index in [9.17, 15) is 0 Å². The van der Waals surface area contributed by atoms with Crippen LogP contribution in [0.15, 0.2) is 37.0 Å². The highest BCUT2D eigenvalue weighted by molar-refractivity contribution is 5.32. The molecule has 1 heteroatoms. The molecule has 1 aliphatic carbocycles. The minimum absolute atomic E-state index is 0.0169. The summed E-state index contributed by atoms with van der Waals surface area (Å²) in [5.41, 5.74) is 1.24. The highest BCUT2D eigenvalue weighted by atomic mass is 16.5. The van der Waals surface area contributed by atoms with Crippen LogP contribution in [-0.4, -0.2) is 12.7 Å². The largest absolute Gasteiger partial charge is 0.361 e. The first-order valence-corrected chi connectivity index (χ1v) is 6.64. The quantitative estimate of drug-likeness (QED) is 0.501. The van der Waals surface area contributed by atoms with E-state index in [1.54, 1.807) is 6.08 Å². The molecule has 0 bridgehead atoms. The summed E-state index contributed by atoms with van der Waals surface area (Å²) in [5, 5.41) is 0. The van der Waals surface area contributed by atoms with E-state index in [0.717, 1.165) is 19.3 Å². The van der Waals surface area contributed by atoms with Crippen molar-refractivity contribution in [2.75, 3.05) is 6.61 Å². The minimum atomic E-state index is -0.0741. The van der Waals surface area contributed by atoms with Crippen molar-refractivity contribution in [3.05, 3.63) is 37.0 Å². The fraction of sp³-hybridized carbons (Fsp3) is 0.529. The summed E-state index contributed by atoms with van der Waals surface area (Å²) in [6.45, 7) is 12.4. The van der Waals surface area contributed by atoms with Gasteiger partial charge in [0.2, 0.25) is 0 Å². The summed E-state index contributed by atoms with van der Waals surface area (Å²) >= 11 is 0. The highest BCUT2D eigenvalue weighted by Gasteiger charge is 2.27. The lowest BCUT2D eigenvalue weighted by atomic mass is 9.83. The Kier molecular flexibility index (Phi) is 5.95. The normalized spacial score (nSPS) is 16.4. The Morgan fingerprint density at radius 3 is 2.78 bits per heavy atom. The van der Waals surface area contributed by atoms with Gasteiger partial charge in [-0.25, -0.2) is 0 Å². The van der Waals surface area contributed by atoms with Crippen LogP contribution >= 0.6 is 0 Å². The molecule has 98 valence electrons. The summed E-state index contributed by atoms with van der Waals surface area (Å²) in [6, 6.07) is 0. The van der Waals surface area contributed by atoms with Crippen LogP contribution in [0.2, 0.25) is 0 Å². The maximum absolute atomic E-state index is 5.80. The zero-order valence-electron chi connectivity index (χ0n) is 11.7. The van der Waals surface area contributed by atoms with E-state index < -0.39 is 0 Å². The van der Waals surface area contributed by atoms with Gasteiger partial charge in [0.1, 0.15) is 6.10 Å². The van der Waals surface area contributed by atoms with Crippen molar-refractivity contribution < 1.29 is 4.74 Å². The summed E-state index contributed by atoms with van der Waals surface area (Å²) in [6.07, 6.45) is 10.3. The maximum Gasteiger partial charge on any atom is 0.124 e. The van der Waals surface area contributed by atoms with Crippen molar-refractivity contribution >= 4 is 0 Å². The fourth-order valence-electron chi connectivity index (χ4n) is 2.05. The molecule has 0 N–H and O–H groups in total. The first-order valence-electron chi connectivity index (χ1n) is 6.64. The second-order valence-corrected chi connectivity index (χ2v) is 5.37. The molecule has 0 spiro atoms. The molecule has 0 saturated carbocycles. The molecule has 0 aromatic carbocycles. The SMILES string of the molecule is C=CCO[C@@H](C#CC1=CCCC1)C(C)(C)CC=C. The van der Waals surface area contributed by atoms with Crippen molar-refractivity contribution in [3.8, 4) is 11.8 Å². The Balaban J connectivity index is 2.76. The molecule has 1 rings (SSSR count). The van der Waals surface area contributed by atoms with Crippen LogP contribution in [0.1, 0.15) is 39.5 Å². The van der Waals surface area contributed by atoms with Crippen LogP contribution in [0, 0.1) is 17.3 Å². The first-order chi connectivity index (χ1) is 8.60. The van der Waals surface area contributed by atoms with Gasteiger partial charge in [0.05, 0.1) is 6.61 Å². The number of ether oxygens (including phenoxy) is 1. The fourth-order valence-corrected chi connectivity index (χ4v) is 2.05. The first kappa shape index (κ1) is 14.8. The van der Waals surface area contributed by atoms with E-state index in [0.29, 0.717) is 6.61 Å². The van der Waals surface area contributed by atoms with Crippen molar-refractivity contribution in [1.82, 2.24) is 0 Å². The van der Waals surface area contributed by atoms with E-state index in [1.807, 2.05) is 6.08 Å². The van der Waals surface area contributed by atoms with E-state index in [-0.39, 0.29) is 11.5 Å². The number of hydrogen-bond donors (Lipinski definition) is 0. The molecule has 0 aromatic rings. The standard InChI is InChI=1S/C17H24O/c1-5-13-17(3,4)16(18-14-6-2)12-11-15-9-7-8-10-15/h5-6,9,16H,1-2,7-8,10,13-14H2,3-4H3/t16-/m0/s1. The van der Waals surface area contributed by atoms with Gasteiger partial charge >= 0.3 is 0 Å². The van der Waals surface area contributed by atoms with Crippen molar-refractivity contribution in [3.63, 3.8) is 0 Å². The Labute approximate surface area is 112 Å². The van der Waals surface area contributed by atoms with E-state index >= 15 is 0 Å². The summed E-state index contributed by atoms with van der Waals surface area (Å²) in [7, 11) is 0. The van der Waals surface area contributed by atoms with Crippen LogP contribution in [0.4, 0.5) is 0 Å². The van der Waals surface area contributed by atoms with Gasteiger partial charge in [0.15, 0.2) is 0 Å². The Morgan fingerprint density at radius 2 is 2.22 bits per heavy atom. The molecule has 0 unspecified atom stereocenters. The van der Waals surface area contributed by atoms with E-state index in [4.69, 9.17) is 4.74 Å². The second-order valence-electron chi connectivity index (χ2n) is 5.37. The molecule has 0 saturated heterocycles. The summed E-state index contributed by atoms with van der Waals surface area (Å²) < 4.78 is 5.80. The number of rotatable bonds is 6. The monoisotopic (exact) mass is 244 g/mol. The number of allylic oxidation sites excluding steroid dienone is 3. The molecule has 1 aliphatic rings. The van der Waals surface area contributed by atoms with Gasteiger partial charge in [-0.1, -0.05) is 43.9 Å². The molecule has 18 heavy (non-hydrogen) atoms. The van der Waals surface area contributed by atoms with Crippen LogP contribution in [-0.2, 0) is 4.74 Å². The second kappa shape index (κ2) is 7.24. The maximum atomic E-state index is 5.80. The Bertz CT molecular complexity index is 376. The zero-order valence-corrected chi connectivity index (χ0v) is 11.7. The third kappa shape index (κ3) is 4.55. The van der Waals surface area contributed by atoms with Crippen molar-refractivity contribution in [2.45, 2.75) is 45.6 Å². The summed E-state index contributed by atoms with van der Waals surface area (Å²) in [4.78, 5) is 0. The van der Waals surface area contributed by atoms with Gasteiger partial charge in [-0.3, -0.25) is 0 Å².